The van der Waals surface area contributed by atoms with Crippen molar-refractivity contribution in [3.8, 4) is 0 Å². The molecule has 0 saturated heterocycles. The molecule has 0 bridgehead atoms. The van der Waals surface area contributed by atoms with Crippen molar-refractivity contribution in [2.24, 2.45) is 0 Å². The lowest BCUT2D eigenvalue weighted by Gasteiger charge is -2.23. The highest BCUT2D eigenvalue weighted by molar-refractivity contribution is 6.04. The average molecular weight is 431 g/mol. The van der Waals surface area contributed by atoms with Gasteiger partial charge in [-0.1, -0.05) is 48.5 Å². The summed E-state index contributed by atoms with van der Waals surface area (Å²) < 4.78 is 0. The molecule has 0 aliphatic heterocycles. The summed E-state index contributed by atoms with van der Waals surface area (Å²) in [6.07, 6.45) is 0. The van der Waals surface area contributed by atoms with Crippen molar-refractivity contribution in [2.75, 3.05) is 28.6 Å². The van der Waals surface area contributed by atoms with Crippen LogP contribution in [0.2, 0.25) is 0 Å². The van der Waals surface area contributed by atoms with Gasteiger partial charge >= 0.3 is 6.03 Å². The van der Waals surface area contributed by atoms with E-state index in [4.69, 9.17) is 0 Å². The minimum atomic E-state index is -0.499. The van der Waals surface area contributed by atoms with Crippen molar-refractivity contribution in [2.45, 2.75) is 13.8 Å². The van der Waals surface area contributed by atoms with Crippen molar-refractivity contribution in [1.29, 1.82) is 0 Å². The van der Waals surface area contributed by atoms with Crippen LogP contribution in [0.3, 0.4) is 0 Å². The molecule has 0 spiro atoms. The number of amides is 4. The first-order chi connectivity index (χ1) is 15.4. The maximum absolute atomic E-state index is 12.9. The maximum Gasteiger partial charge on any atom is 0.319 e. The van der Waals surface area contributed by atoms with E-state index in [-0.39, 0.29) is 19.0 Å². The molecule has 164 valence electrons. The monoisotopic (exact) mass is 430 g/mol. The molecule has 3 N–H and O–H groups in total. The molecular formula is C25H26N4O3. The zero-order valence-electron chi connectivity index (χ0n) is 18.1. The molecule has 32 heavy (non-hydrogen) atoms. The van der Waals surface area contributed by atoms with E-state index in [1.165, 1.54) is 4.90 Å². The van der Waals surface area contributed by atoms with Gasteiger partial charge in [0.05, 0.1) is 6.54 Å². The Hall–Kier alpha value is -4.13. The molecule has 0 fully saturated rings. The summed E-state index contributed by atoms with van der Waals surface area (Å²) in [4.78, 5) is 39.1. The standard InChI is InChI=1S/C25H26N4O3/c1-18-9-8-11-20(15-18)27-25(32)26-16-24(31)29(21-12-4-3-5-13-21)17-23(30)28-22-14-7-6-10-19(22)2/h3-15H,16-17H2,1-2H3,(H,28,30)(H2,26,27,32). The van der Waals surface area contributed by atoms with E-state index in [0.717, 1.165) is 11.1 Å². The number of hydrogen-bond donors (Lipinski definition) is 3. The van der Waals surface area contributed by atoms with Gasteiger partial charge in [-0.2, -0.15) is 0 Å². The van der Waals surface area contributed by atoms with Gasteiger partial charge in [0.1, 0.15) is 6.54 Å². The van der Waals surface area contributed by atoms with Crippen LogP contribution in [0.4, 0.5) is 21.9 Å². The number of nitrogens with zero attached hydrogens (tertiary/aromatic N) is 1. The van der Waals surface area contributed by atoms with Crippen LogP contribution >= 0.6 is 0 Å². The molecule has 4 amide bonds. The summed E-state index contributed by atoms with van der Waals surface area (Å²) in [6.45, 7) is 3.38. The third-order valence-electron chi connectivity index (χ3n) is 4.77. The van der Waals surface area contributed by atoms with Gasteiger partial charge in [0, 0.05) is 17.1 Å². The van der Waals surface area contributed by atoms with Crippen LogP contribution in [-0.2, 0) is 9.59 Å². The highest BCUT2D eigenvalue weighted by Crippen LogP contribution is 2.16. The predicted molar refractivity (Wildman–Crippen MR) is 127 cm³/mol. The molecular weight excluding hydrogens is 404 g/mol. The predicted octanol–water partition coefficient (Wildman–Crippen LogP) is 4.10. The zero-order chi connectivity index (χ0) is 22.9. The molecule has 7 nitrogen and oxygen atoms in total. The molecule has 0 heterocycles. The molecule has 7 heteroatoms. The number of anilines is 3. The van der Waals surface area contributed by atoms with E-state index in [2.05, 4.69) is 16.0 Å². The zero-order valence-corrected chi connectivity index (χ0v) is 18.1. The summed E-state index contributed by atoms with van der Waals surface area (Å²) in [6, 6.07) is 23.1. The Morgan fingerprint density at radius 3 is 2.25 bits per heavy atom. The number of rotatable bonds is 7. The lowest BCUT2D eigenvalue weighted by Crippen LogP contribution is -2.44. The fourth-order valence-corrected chi connectivity index (χ4v) is 3.13. The Morgan fingerprint density at radius 2 is 1.53 bits per heavy atom. The Morgan fingerprint density at radius 1 is 0.812 bits per heavy atom. The summed E-state index contributed by atoms with van der Waals surface area (Å²) in [5.41, 5.74) is 3.82. The number of carbonyl (C=O) groups is 3. The Labute approximate surface area is 187 Å². The summed E-state index contributed by atoms with van der Waals surface area (Å²) in [5.74, 6) is -0.740. The maximum atomic E-state index is 12.9. The number of para-hydroxylation sites is 2. The van der Waals surface area contributed by atoms with Gasteiger partial charge in [-0.05, 0) is 55.3 Å². The van der Waals surface area contributed by atoms with Crippen molar-refractivity contribution in [1.82, 2.24) is 5.32 Å². The Balaban J connectivity index is 1.64. The second-order valence-electron chi connectivity index (χ2n) is 7.36. The molecule has 0 atom stereocenters. The second-order valence-corrected chi connectivity index (χ2v) is 7.36. The smallest absolute Gasteiger partial charge is 0.319 e. The fourth-order valence-electron chi connectivity index (χ4n) is 3.13. The summed E-state index contributed by atoms with van der Waals surface area (Å²) in [5, 5.41) is 8.09. The van der Waals surface area contributed by atoms with E-state index in [1.807, 2.05) is 56.3 Å². The highest BCUT2D eigenvalue weighted by atomic mass is 16.2. The van der Waals surface area contributed by atoms with Crippen LogP contribution < -0.4 is 20.9 Å². The molecule has 0 aliphatic rings. The van der Waals surface area contributed by atoms with Crippen molar-refractivity contribution >= 4 is 34.9 Å². The lowest BCUT2D eigenvalue weighted by atomic mass is 10.2. The van der Waals surface area contributed by atoms with Crippen molar-refractivity contribution in [3.63, 3.8) is 0 Å². The van der Waals surface area contributed by atoms with Gasteiger partial charge in [-0.15, -0.1) is 0 Å². The molecule has 3 rings (SSSR count). The summed E-state index contributed by atoms with van der Waals surface area (Å²) in [7, 11) is 0. The van der Waals surface area contributed by atoms with Crippen molar-refractivity contribution < 1.29 is 14.4 Å². The quantitative estimate of drug-likeness (QED) is 0.527. The Bertz CT molecular complexity index is 1100. The van der Waals surface area contributed by atoms with Gasteiger partial charge in [0.2, 0.25) is 11.8 Å². The number of hydrogen-bond acceptors (Lipinski definition) is 3. The van der Waals surface area contributed by atoms with E-state index in [1.54, 1.807) is 36.4 Å². The largest absolute Gasteiger partial charge is 0.329 e. The molecule has 0 aromatic heterocycles. The van der Waals surface area contributed by atoms with Crippen LogP contribution in [-0.4, -0.2) is 30.9 Å². The molecule has 0 aliphatic carbocycles. The third-order valence-corrected chi connectivity index (χ3v) is 4.77. The molecule has 3 aromatic rings. The van der Waals surface area contributed by atoms with E-state index in [9.17, 15) is 14.4 Å². The van der Waals surface area contributed by atoms with Gasteiger partial charge in [0.25, 0.3) is 0 Å². The van der Waals surface area contributed by atoms with Crippen LogP contribution in [0.25, 0.3) is 0 Å². The SMILES string of the molecule is Cc1cccc(NC(=O)NCC(=O)N(CC(=O)Nc2ccccc2C)c2ccccc2)c1. The highest BCUT2D eigenvalue weighted by Gasteiger charge is 2.20. The first kappa shape index (κ1) is 22.6. The normalized spacial score (nSPS) is 10.2. The number of nitrogens with one attached hydrogen (secondary N) is 3. The third kappa shape index (κ3) is 6.43. The first-order valence-corrected chi connectivity index (χ1v) is 10.2. The fraction of sp³-hybridized carbons (Fsp3) is 0.160. The van der Waals surface area contributed by atoms with E-state index in [0.29, 0.717) is 17.1 Å². The van der Waals surface area contributed by atoms with Crippen LogP contribution in [0, 0.1) is 13.8 Å². The number of aryl methyl sites for hydroxylation is 2. The van der Waals surface area contributed by atoms with Crippen LogP contribution in [0.15, 0.2) is 78.9 Å². The van der Waals surface area contributed by atoms with Gasteiger partial charge < -0.3 is 20.9 Å². The Kier molecular flexibility index (Phi) is 7.59. The number of carbonyl (C=O) groups excluding carboxylic acids is 3. The molecule has 3 aromatic carbocycles. The molecule has 0 saturated carbocycles. The molecule has 0 unspecified atom stereocenters. The van der Waals surface area contributed by atoms with Gasteiger partial charge in [0.15, 0.2) is 0 Å². The van der Waals surface area contributed by atoms with Gasteiger partial charge in [-0.25, -0.2) is 4.79 Å². The second kappa shape index (κ2) is 10.8. The number of urea groups is 1. The minimum absolute atomic E-state index is 0.182. The average Bonchev–Trinajstić information content (AvgIpc) is 2.78. The topological polar surface area (TPSA) is 90.5 Å². The van der Waals surface area contributed by atoms with Crippen molar-refractivity contribution in [3.05, 3.63) is 90.0 Å². The van der Waals surface area contributed by atoms with Gasteiger partial charge in [-0.3, -0.25) is 9.59 Å². The van der Waals surface area contributed by atoms with Crippen LogP contribution in [0.5, 0.6) is 0 Å². The van der Waals surface area contributed by atoms with E-state index >= 15 is 0 Å². The summed E-state index contributed by atoms with van der Waals surface area (Å²) >= 11 is 0. The minimum Gasteiger partial charge on any atom is -0.329 e. The first-order valence-electron chi connectivity index (χ1n) is 10.2. The number of benzene rings is 3. The molecule has 0 radical (unpaired) electrons. The lowest BCUT2D eigenvalue weighted by molar-refractivity contribution is -0.121. The van der Waals surface area contributed by atoms with Crippen LogP contribution in [0.1, 0.15) is 11.1 Å². The van der Waals surface area contributed by atoms with E-state index < -0.39 is 11.9 Å².